The number of carbonyl (C=O) groups is 1. The van der Waals surface area contributed by atoms with E-state index in [-0.39, 0.29) is 10.2 Å². The normalized spacial score (nSPS) is 11.1. The highest BCUT2D eigenvalue weighted by molar-refractivity contribution is 9.10. The number of rotatable bonds is 5. The fourth-order valence-corrected chi connectivity index (χ4v) is 1.82. The summed E-state index contributed by atoms with van der Waals surface area (Å²) >= 11 is 2.99. The number of benzene rings is 1. The molecule has 4 nitrogen and oxygen atoms in total. The molecule has 0 atom stereocenters. The highest BCUT2D eigenvalue weighted by atomic mass is 79.9. The Kier molecular flexibility index (Phi) is 6.39. The van der Waals surface area contributed by atoms with Crippen LogP contribution in [-0.4, -0.2) is 24.8 Å². The van der Waals surface area contributed by atoms with Gasteiger partial charge in [0, 0.05) is 19.2 Å². The number of ether oxygens (including phenoxy) is 1. The van der Waals surface area contributed by atoms with Crippen molar-refractivity contribution in [1.29, 1.82) is 0 Å². The second kappa shape index (κ2) is 7.59. The van der Waals surface area contributed by atoms with Crippen molar-refractivity contribution in [3.63, 3.8) is 0 Å². The number of halogens is 3. The molecule has 0 spiro atoms. The first-order valence-corrected chi connectivity index (χ1v) is 7.33. The molecule has 0 saturated heterocycles. The van der Waals surface area contributed by atoms with Crippen molar-refractivity contribution in [2.24, 2.45) is 0 Å². The van der Waals surface area contributed by atoms with Crippen LogP contribution >= 0.6 is 15.9 Å². The first-order valence-electron chi connectivity index (χ1n) is 6.54. The topological polar surface area (TPSA) is 50.4 Å². The van der Waals surface area contributed by atoms with Gasteiger partial charge in [0.25, 0.3) is 0 Å². The number of anilines is 1. The molecule has 2 N–H and O–H groups in total. The van der Waals surface area contributed by atoms with Crippen LogP contribution in [-0.2, 0) is 4.74 Å². The van der Waals surface area contributed by atoms with Gasteiger partial charge in [0.05, 0.1) is 10.2 Å². The van der Waals surface area contributed by atoms with Crippen LogP contribution in [0.4, 0.5) is 19.3 Å². The summed E-state index contributed by atoms with van der Waals surface area (Å²) in [5.74, 6) is -1.31. The van der Waals surface area contributed by atoms with Crippen LogP contribution in [0.25, 0.3) is 0 Å². The third-order valence-electron chi connectivity index (χ3n) is 2.35. The molecule has 0 aromatic heterocycles. The van der Waals surface area contributed by atoms with Gasteiger partial charge in [0.1, 0.15) is 17.2 Å². The molecule has 1 amide bonds. The molecular weight excluding hydrogens is 346 g/mol. The first kappa shape index (κ1) is 17.7. The second-order valence-electron chi connectivity index (χ2n) is 5.46. The summed E-state index contributed by atoms with van der Waals surface area (Å²) in [6.45, 7) is 6.17. The summed E-state index contributed by atoms with van der Waals surface area (Å²) in [6, 6.07) is 2.15. The zero-order valence-electron chi connectivity index (χ0n) is 12.2. The lowest BCUT2D eigenvalue weighted by Gasteiger charge is -2.19. The van der Waals surface area contributed by atoms with Crippen LogP contribution in [0.3, 0.4) is 0 Å². The van der Waals surface area contributed by atoms with E-state index < -0.39 is 23.3 Å². The molecule has 1 rings (SSSR count). The van der Waals surface area contributed by atoms with Crippen LogP contribution in [0.15, 0.2) is 16.6 Å². The van der Waals surface area contributed by atoms with Crippen LogP contribution in [0, 0.1) is 11.6 Å². The van der Waals surface area contributed by atoms with Crippen molar-refractivity contribution in [1.82, 2.24) is 5.32 Å². The van der Waals surface area contributed by atoms with E-state index in [4.69, 9.17) is 4.74 Å². The Balaban J connectivity index is 2.29. The molecule has 0 aliphatic rings. The first-order chi connectivity index (χ1) is 9.69. The minimum Gasteiger partial charge on any atom is -0.444 e. The van der Waals surface area contributed by atoms with Crippen molar-refractivity contribution >= 4 is 27.7 Å². The second-order valence-corrected chi connectivity index (χ2v) is 6.31. The molecule has 0 aliphatic carbocycles. The summed E-state index contributed by atoms with van der Waals surface area (Å²) in [4.78, 5) is 11.4. The number of carbonyl (C=O) groups excluding carboxylic acids is 1. The van der Waals surface area contributed by atoms with Gasteiger partial charge in [-0.1, -0.05) is 0 Å². The lowest BCUT2D eigenvalue weighted by Crippen LogP contribution is -2.33. The van der Waals surface area contributed by atoms with E-state index in [0.717, 1.165) is 6.07 Å². The van der Waals surface area contributed by atoms with Crippen molar-refractivity contribution in [2.45, 2.75) is 32.8 Å². The Bertz CT molecular complexity index is 504. The van der Waals surface area contributed by atoms with E-state index in [1.807, 2.05) is 0 Å². The monoisotopic (exact) mass is 364 g/mol. The van der Waals surface area contributed by atoms with Gasteiger partial charge in [0.15, 0.2) is 0 Å². The van der Waals surface area contributed by atoms with Gasteiger partial charge >= 0.3 is 6.09 Å². The summed E-state index contributed by atoms with van der Waals surface area (Å²) in [5.41, 5.74) is -0.327. The predicted octanol–water partition coefficient (Wildman–Crippen LogP) is 4.05. The third-order valence-corrected chi connectivity index (χ3v) is 2.95. The van der Waals surface area contributed by atoms with Crippen LogP contribution in [0.1, 0.15) is 27.2 Å². The molecule has 0 fully saturated rings. The molecule has 0 bridgehead atoms. The van der Waals surface area contributed by atoms with Gasteiger partial charge in [-0.2, -0.15) is 0 Å². The molecule has 1 aromatic carbocycles. The van der Waals surface area contributed by atoms with Crippen molar-refractivity contribution in [2.75, 3.05) is 18.4 Å². The fraction of sp³-hybridized carbons (Fsp3) is 0.500. The largest absolute Gasteiger partial charge is 0.444 e. The fourth-order valence-electron chi connectivity index (χ4n) is 1.47. The Labute approximate surface area is 131 Å². The Morgan fingerprint density at radius 1 is 1.24 bits per heavy atom. The molecule has 0 saturated carbocycles. The smallest absolute Gasteiger partial charge is 0.407 e. The SMILES string of the molecule is CC(C)(C)OC(=O)NCCCNc1cc(Br)c(F)cc1F. The number of alkyl carbamates (subject to hydrolysis) is 1. The molecule has 0 radical (unpaired) electrons. The molecule has 0 aliphatic heterocycles. The van der Waals surface area contributed by atoms with Gasteiger partial charge in [-0.15, -0.1) is 0 Å². The quantitative estimate of drug-likeness (QED) is 0.611. The van der Waals surface area contributed by atoms with Crippen molar-refractivity contribution < 1.29 is 18.3 Å². The Morgan fingerprint density at radius 3 is 2.52 bits per heavy atom. The van der Waals surface area contributed by atoms with Crippen molar-refractivity contribution in [3.8, 4) is 0 Å². The van der Waals surface area contributed by atoms with Gasteiger partial charge in [-0.25, -0.2) is 13.6 Å². The average molecular weight is 365 g/mol. The number of amides is 1. The highest BCUT2D eigenvalue weighted by Gasteiger charge is 2.15. The predicted molar refractivity (Wildman–Crippen MR) is 81.4 cm³/mol. The Hall–Kier alpha value is -1.37. The lowest BCUT2D eigenvalue weighted by molar-refractivity contribution is 0.0528. The van der Waals surface area contributed by atoms with Crippen LogP contribution < -0.4 is 10.6 Å². The lowest BCUT2D eigenvalue weighted by atomic mass is 10.2. The summed E-state index contributed by atoms with van der Waals surface area (Å²) in [5, 5.41) is 5.44. The number of hydrogen-bond acceptors (Lipinski definition) is 3. The van der Waals surface area contributed by atoms with E-state index in [2.05, 4.69) is 26.6 Å². The maximum Gasteiger partial charge on any atom is 0.407 e. The number of hydrogen-bond donors (Lipinski definition) is 2. The molecule has 0 heterocycles. The maximum atomic E-state index is 13.4. The number of nitrogens with one attached hydrogen (secondary N) is 2. The van der Waals surface area contributed by atoms with Gasteiger partial charge in [-0.05, 0) is 49.2 Å². The van der Waals surface area contributed by atoms with E-state index >= 15 is 0 Å². The zero-order valence-corrected chi connectivity index (χ0v) is 13.8. The molecule has 0 unspecified atom stereocenters. The van der Waals surface area contributed by atoms with E-state index in [1.165, 1.54) is 6.07 Å². The molecule has 21 heavy (non-hydrogen) atoms. The van der Waals surface area contributed by atoms with Gasteiger partial charge in [-0.3, -0.25) is 0 Å². The molecule has 1 aromatic rings. The summed E-state index contributed by atoms with van der Waals surface area (Å²) in [6.07, 6.45) is 0.0893. The van der Waals surface area contributed by atoms with E-state index in [0.29, 0.717) is 19.5 Å². The van der Waals surface area contributed by atoms with Crippen LogP contribution in [0.5, 0.6) is 0 Å². The Morgan fingerprint density at radius 2 is 1.90 bits per heavy atom. The van der Waals surface area contributed by atoms with Gasteiger partial charge < -0.3 is 15.4 Å². The molecule has 7 heteroatoms. The van der Waals surface area contributed by atoms with E-state index in [9.17, 15) is 13.6 Å². The zero-order chi connectivity index (χ0) is 16.0. The molecule has 118 valence electrons. The van der Waals surface area contributed by atoms with Gasteiger partial charge in [0.2, 0.25) is 0 Å². The minimum absolute atomic E-state index is 0.193. The highest BCUT2D eigenvalue weighted by Crippen LogP contribution is 2.23. The van der Waals surface area contributed by atoms with Crippen LogP contribution in [0.2, 0.25) is 0 Å². The summed E-state index contributed by atoms with van der Waals surface area (Å²) in [7, 11) is 0. The van der Waals surface area contributed by atoms with E-state index in [1.54, 1.807) is 20.8 Å². The summed E-state index contributed by atoms with van der Waals surface area (Å²) < 4.78 is 31.8. The maximum absolute atomic E-state index is 13.4. The third kappa shape index (κ3) is 6.75. The molecular formula is C14H19BrF2N2O2. The van der Waals surface area contributed by atoms with Crippen molar-refractivity contribution in [3.05, 3.63) is 28.2 Å². The minimum atomic E-state index is -0.657. The average Bonchev–Trinajstić information content (AvgIpc) is 2.32. The standard InChI is InChI=1S/C14H19BrF2N2O2/c1-14(2,3)21-13(20)19-6-4-5-18-12-7-9(15)10(16)8-11(12)17/h7-8,18H,4-6H2,1-3H3,(H,19,20).